The first kappa shape index (κ1) is 17.8. The summed E-state index contributed by atoms with van der Waals surface area (Å²) >= 11 is 8.42. The van der Waals surface area contributed by atoms with Crippen LogP contribution in [0.1, 0.15) is 32.1 Å². The lowest BCUT2D eigenvalue weighted by molar-refractivity contribution is -0.126. The van der Waals surface area contributed by atoms with Crippen LogP contribution >= 0.6 is 43.6 Å². The van der Waals surface area contributed by atoms with Gasteiger partial charge in [-0.05, 0) is 12.8 Å². The molecule has 1 saturated carbocycles. The van der Waals surface area contributed by atoms with E-state index in [1.54, 1.807) is 0 Å². The van der Waals surface area contributed by atoms with Crippen molar-refractivity contribution in [1.29, 1.82) is 10.5 Å². The molecular weight excluding hydrogens is 430 g/mol. The third kappa shape index (κ3) is 3.37. The van der Waals surface area contributed by atoms with Gasteiger partial charge in [-0.1, -0.05) is 51.1 Å². The van der Waals surface area contributed by atoms with Gasteiger partial charge in [0.2, 0.25) is 5.91 Å². The monoisotopic (exact) mass is 445 g/mol. The molecule has 1 aliphatic heterocycles. The van der Waals surface area contributed by atoms with E-state index < -0.39 is 11.3 Å². The molecule has 2 rings (SSSR count). The Morgan fingerprint density at radius 2 is 2.05 bits per heavy atom. The second kappa shape index (κ2) is 7.86. The predicted octanol–water partition coefficient (Wildman–Crippen LogP) is 3.83. The van der Waals surface area contributed by atoms with E-state index in [1.165, 1.54) is 11.8 Å². The summed E-state index contributed by atoms with van der Waals surface area (Å²) in [5.41, 5.74) is 0.0282. The van der Waals surface area contributed by atoms with E-state index in [0.717, 1.165) is 43.2 Å². The van der Waals surface area contributed by atoms with Gasteiger partial charge in [0.15, 0.2) is 0 Å². The highest BCUT2D eigenvalue weighted by Gasteiger charge is 2.51. The molecule has 0 aromatic heterocycles. The number of halogens is 2. The molecule has 1 aliphatic carbocycles. The smallest absolute Gasteiger partial charge is 0.243 e. The number of allylic oxidation sites excluding steroid dienone is 1. The fraction of sp³-hybridized carbons (Fsp3) is 0.667. The molecule has 0 unspecified atom stereocenters. The molecule has 0 saturated heterocycles. The van der Waals surface area contributed by atoms with E-state index in [9.17, 15) is 15.3 Å². The van der Waals surface area contributed by atoms with Crippen molar-refractivity contribution in [2.45, 2.75) is 36.9 Å². The Morgan fingerprint density at radius 1 is 1.36 bits per heavy atom. The number of nitrogens with one attached hydrogen (secondary N) is 1. The minimum absolute atomic E-state index is 0.254. The average Bonchev–Trinajstić information content (AvgIpc) is 2.53. The fourth-order valence-corrected chi connectivity index (χ4v) is 5.22. The van der Waals surface area contributed by atoms with Gasteiger partial charge < -0.3 is 5.32 Å². The first-order valence-electron chi connectivity index (χ1n) is 7.27. The van der Waals surface area contributed by atoms with E-state index in [1.807, 2.05) is 0 Å². The average molecular weight is 447 g/mol. The van der Waals surface area contributed by atoms with Crippen LogP contribution < -0.4 is 5.32 Å². The molecule has 1 amide bonds. The number of alkyl halides is 2. The summed E-state index contributed by atoms with van der Waals surface area (Å²) in [4.78, 5) is 12.6. The number of hydrogen-bond acceptors (Lipinski definition) is 4. The van der Waals surface area contributed by atoms with Crippen molar-refractivity contribution in [3.05, 3.63) is 10.6 Å². The highest BCUT2D eigenvalue weighted by molar-refractivity contribution is 9.12. The highest BCUT2D eigenvalue weighted by atomic mass is 79.9. The summed E-state index contributed by atoms with van der Waals surface area (Å²) in [5, 5.41) is 23.4. The summed E-state index contributed by atoms with van der Waals surface area (Å²) in [5.74, 6) is -0.252. The van der Waals surface area contributed by atoms with E-state index in [4.69, 9.17) is 0 Å². The molecule has 7 heteroatoms. The molecule has 2 atom stereocenters. The molecule has 1 heterocycles. The number of thioether (sulfide) groups is 1. The summed E-state index contributed by atoms with van der Waals surface area (Å²) in [7, 11) is 0. The second-order valence-electron chi connectivity index (χ2n) is 5.65. The van der Waals surface area contributed by atoms with Crippen LogP contribution in [0.25, 0.3) is 0 Å². The molecule has 1 spiro atoms. The molecular formula is C15H17Br2N3OS. The van der Waals surface area contributed by atoms with Crippen molar-refractivity contribution in [2.24, 2.45) is 11.3 Å². The number of carbonyl (C=O) groups is 1. The lowest BCUT2D eigenvalue weighted by atomic mass is 9.61. The number of rotatable bonds is 4. The maximum atomic E-state index is 12.4. The van der Waals surface area contributed by atoms with Gasteiger partial charge in [0.25, 0.3) is 0 Å². The van der Waals surface area contributed by atoms with Crippen molar-refractivity contribution in [3.8, 4) is 12.1 Å². The Kier molecular flexibility index (Phi) is 6.37. The standard InChI is InChI=1S/C15H17Br2N3OS/c16-6-10(17)9-22-14-12(8-19)15(4-2-1-3-5-15)11(7-18)13(21)20-14/h10-11H,1-6,9H2,(H,20,21)/t10-,11+/m0/s1. The minimum Gasteiger partial charge on any atom is -0.319 e. The van der Waals surface area contributed by atoms with Gasteiger partial charge in [-0.3, -0.25) is 4.79 Å². The number of amides is 1. The summed E-state index contributed by atoms with van der Waals surface area (Å²) in [6.07, 6.45) is 4.55. The van der Waals surface area contributed by atoms with Crippen molar-refractivity contribution in [2.75, 3.05) is 11.1 Å². The fourth-order valence-electron chi connectivity index (χ4n) is 3.26. The minimum atomic E-state index is -0.747. The summed E-state index contributed by atoms with van der Waals surface area (Å²) in [6.45, 7) is 0. The Balaban J connectivity index is 2.39. The molecule has 0 aromatic rings. The first-order valence-corrected chi connectivity index (χ1v) is 10.3. The molecule has 118 valence electrons. The van der Waals surface area contributed by atoms with Gasteiger partial charge in [0.05, 0.1) is 22.7 Å². The zero-order valence-corrected chi connectivity index (χ0v) is 16.1. The zero-order chi connectivity index (χ0) is 16.2. The van der Waals surface area contributed by atoms with Crippen molar-refractivity contribution in [1.82, 2.24) is 5.32 Å². The maximum absolute atomic E-state index is 12.4. The Labute approximate surface area is 152 Å². The molecule has 0 aromatic carbocycles. The summed E-state index contributed by atoms with van der Waals surface area (Å²) in [6, 6.07) is 4.46. The van der Waals surface area contributed by atoms with Crippen molar-refractivity contribution in [3.63, 3.8) is 0 Å². The first-order chi connectivity index (χ1) is 10.6. The number of nitrogens with zero attached hydrogens (tertiary/aromatic N) is 2. The van der Waals surface area contributed by atoms with E-state index in [-0.39, 0.29) is 10.7 Å². The van der Waals surface area contributed by atoms with Gasteiger partial charge in [0, 0.05) is 21.3 Å². The number of hydrogen-bond donors (Lipinski definition) is 1. The van der Waals surface area contributed by atoms with Crippen LogP contribution in [0, 0.1) is 34.0 Å². The quantitative estimate of drug-likeness (QED) is 0.665. The number of nitriles is 2. The van der Waals surface area contributed by atoms with E-state index >= 15 is 0 Å². The van der Waals surface area contributed by atoms with Crippen LogP contribution in [0.5, 0.6) is 0 Å². The topological polar surface area (TPSA) is 76.7 Å². The van der Waals surface area contributed by atoms with Gasteiger partial charge in [-0.2, -0.15) is 10.5 Å². The Morgan fingerprint density at radius 3 is 2.59 bits per heavy atom. The van der Waals surface area contributed by atoms with Crippen LogP contribution in [0.2, 0.25) is 0 Å². The largest absolute Gasteiger partial charge is 0.319 e. The Bertz CT molecular complexity index is 558. The lowest BCUT2D eigenvalue weighted by Gasteiger charge is -2.43. The van der Waals surface area contributed by atoms with Crippen LogP contribution in [0.3, 0.4) is 0 Å². The predicted molar refractivity (Wildman–Crippen MR) is 94.4 cm³/mol. The highest BCUT2D eigenvalue weighted by Crippen LogP contribution is 2.52. The van der Waals surface area contributed by atoms with Gasteiger partial charge in [0.1, 0.15) is 5.92 Å². The molecule has 2 aliphatic rings. The maximum Gasteiger partial charge on any atom is 0.243 e. The lowest BCUT2D eigenvalue weighted by Crippen LogP contribution is -2.48. The van der Waals surface area contributed by atoms with Gasteiger partial charge >= 0.3 is 0 Å². The molecule has 4 nitrogen and oxygen atoms in total. The van der Waals surface area contributed by atoms with Crippen LogP contribution in [0.15, 0.2) is 10.6 Å². The van der Waals surface area contributed by atoms with E-state index in [0.29, 0.717) is 10.6 Å². The van der Waals surface area contributed by atoms with Crippen molar-refractivity contribution < 1.29 is 4.79 Å². The van der Waals surface area contributed by atoms with E-state index in [2.05, 4.69) is 49.3 Å². The van der Waals surface area contributed by atoms with Gasteiger partial charge in [-0.25, -0.2) is 0 Å². The molecule has 0 bridgehead atoms. The molecule has 0 radical (unpaired) electrons. The van der Waals surface area contributed by atoms with Gasteiger partial charge in [-0.15, -0.1) is 11.8 Å². The molecule has 22 heavy (non-hydrogen) atoms. The van der Waals surface area contributed by atoms with Crippen LogP contribution in [-0.4, -0.2) is 21.8 Å². The van der Waals surface area contributed by atoms with Crippen molar-refractivity contribution >= 4 is 49.5 Å². The van der Waals surface area contributed by atoms with Crippen LogP contribution in [0.4, 0.5) is 0 Å². The molecule has 1 N–H and O–H groups in total. The Hall–Kier alpha value is -0.500. The third-order valence-corrected chi connectivity index (χ3v) is 8.23. The summed E-state index contributed by atoms with van der Waals surface area (Å²) < 4.78 is 0. The number of carbonyl (C=O) groups excluding carboxylic acids is 1. The third-order valence-electron chi connectivity index (χ3n) is 4.34. The zero-order valence-electron chi connectivity index (χ0n) is 12.1. The molecule has 1 fully saturated rings. The SMILES string of the molecule is N#CC1=C(SC[C@@H](Br)CBr)NC(=O)[C@@H](C#N)C12CCCCC2. The van der Waals surface area contributed by atoms with Crippen LogP contribution in [-0.2, 0) is 4.79 Å². The second-order valence-corrected chi connectivity index (χ2v) is 8.62. The normalized spacial score (nSPS) is 25.3.